The largest absolute Gasteiger partial charge is 0.497 e. The maximum absolute atomic E-state index is 11.8. The highest BCUT2D eigenvalue weighted by Gasteiger charge is 2.25. The summed E-state index contributed by atoms with van der Waals surface area (Å²) in [5, 5.41) is 5.97. The number of urea groups is 1. The van der Waals surface area contributed by atoms with Gasteiger partial charge in [-0.05, 0) is 18.6 Å². The Morgan fingerprint density at radius 2 is 2.12 bits per heavy atom. The number of rotatable bonds is 7. The van der Waals surface area contributed by atoms with Crippen molar-refractivity contribution in [3.05, 3.63) is 23.8 Å². The van der Waals surface area contributed by atoms with Crippen LogP contribution in [0.5, 0.6) is 11.5 Å². The zero-order valence-corrected chi connectivity index (χ0v) is 13.8. The number of nitrogens with one attached hydrogen (secondary N) is 4. The van der Waals surface area contributed by atoms with Crippen LogP contribution in [0.3, 0.4) is 0 Å². The lowest BCUT2D eigenvalue weighted by Gasteiger charge is -2.22. The zero-order chi connectivity index (χ0) is 18.2. The Morgan fingerprint density at radius 1 is 1.32 bits per heavy atom. The summed E-state index contributed by atoms with van der Waals surface area (Å²) in [5.41, 5.74) is 7.83. The monoisotopic (exact) mass is 349 g/mol. The number of ether oxygens (including phenoxy) is 2. The van der Waals surface area contributed by atoms with Crippen LogP contribution < -0.4 is 31.1 Å². The van der Waals surface area contributed by atoms with E-state index in [-0.39, 0.29) is 18.7 Å². The van der Waals surface area contributed by atoms with Gasteiger partial charge in [0.05, 0.1) is 20.4 Å². The van der Waals surface area contributed by atoms with Crippen molar-refractivity contribution >= 4 is 24.1 Å². The van der Waals surface area contributed by atoms with E-state index in [1.807, 2.05) is 0 Å². The minimum atomic E-state index is -0.672. The molecule has 1 aliphatic heterocycles. The molecule has 4 amide bonds. The Kier molecular flexibility index (Phi) is 6.29. The predicted molar refractivity (Wildman–Crippen MR) is 88.1 cm³/mol. The van der Waals surface area contributed by atoms with E-state index in [9.17, 15) is 14.4 Å². The number of carbonyl (C=O) groups is 3. The SMILES string of the molecule is COc1ccc(/C=N/NC(=O)CCC2NNC(=O)NC2=O)c(OC)c1. The summed E-state index contributed by atoms with van der Waals surface area (Å²) >= 11 is 0. The van der Waals surface area contributed by atoms with E-state index >= 15 is 0 Å². The van der Waals surface area contributed by atoms with Gasteiger partial charge in [-0.1, -0.05) is 0 Å². The van der Waals surface area contributed by atoms with E-state index in [1.54, 1.807) is 25.3 Å². The van der Waals surface area contributed by atoms with Crippen LogP contribution in [0.15, 0.2) is 23.3 Å². The molecule has 0 aromatic heterocycles. The summed E-state index contributed by atoms with van der Waals surface area (Å²) in [6, 6.07) is 3.89. The molecule has 4 N–H and O–H groups in total. The molecule has 0 radical (unpaired) electrons. The predicted octanol–water partition coefficient (Wildman–Crippen LogP) is -0.353. The highest BCUT2D eigenvalue weighted by molar-refractivity contribution is 5.99. The molecule has 1 atom stereocenters. The van der Waals surface area contributed by atoms with Gasteiger partial charge in [0.1, 0.15) is 17.5 Å². The van der Waals surface area contributed by atoms with Gasteiger partial charge in [0.2, 0.25) is 11.8 Å². The Bertz CT molecular complexity index is 691. The van der Waals surface area contributed by atoms with Crippen LogP contribution >= 0.6 is 0 Å². The van der Waals surface area contributed by atoms with Crippen LogP contribution in [0.25, 0.3) is 0 Å². The zero-order valence-electron chi connectivity index (χ0n) is 13.8. The van der Waals surface area contributed by atoms with Crippen LogP contribution in [0.2, 0.25) is 0 Å². The lowest BCUT2D eigenvalue weighted by atomic mass is 10.1. The van der Waals surface area contributed by atoms with Gasteiger partial charge in [-0.15, -0.1) is 0 Å². The highest BCUT2D eigenvalue weighted by Crippen LogP contribution is 2.22. The van der Waals surface area contributed by atoms with Crippen LogP contribution in [0.1, 0.15) is 18.4 Å². The number of nitrogens with zero attached hydrogens (tertiary/aromatic N) is 1. The smallest absolute Gasteiger partial charge is 0.335 e. The third-order valence-corrected chi connectivity index (χ3v) is 3.41. The van der Waals surface area contributed by atoms with Crippen molar-refractivity contribution in [3.63, 3.8) is 0 Å². The average molecular weight is 349 g/mol. The first kappa shape index (κ1) is 18.2. The van der Waals surface area contributed by atoms with Crippen LogP contribution in [0.4, 0.5) is 4.79 Å². The fourth-order valence-corrected chi connectivity index (χ4v) is 2.08. The van der Waals surface area contributed by atoms with Crippen molar-refractivity contribution in [1.29, 1.82) is 0 Å². The van der Waals surface area contributed by atoms with Gasteiger partial charge in [0.15, 0.2) is 0 Å². The van der Waals surface area contributed by atoms with E-state index in [0.29, 0.717) is 17.1 Å². The van der Waals surface area contributed by atoms with E-state index in [4.69, 9.17) is 9.47 Å². The van der Waals surface area contributed by atoms with Gasteiger partial charge in [-0.3, -0.25) is 20.3 Å². The number of hydrazone groups is 1. The topological polar surface area (TPSA) is 130 Å². The first-order chi connectivity index (χ1) is 12.0. The molecule has 0 bridgehead atoms. The summed E-state index contributed by atoms with van der Waals surface area (Å²) in [5.74, 6) is 0.345. The number of amides is 4. The van der Waals surface area contributed by atoms with Crippen LogP contribution in [-0.2, 0) is 9.59 Å². The van der Waals surface area contributed by atoms with E-state index < -0.39 is 18.0 Å². The third-order valence-electron chi connectivity index (χ3n) is 3.41. The number of hydrogen-bond acceptors (Lipinski definition) is 7. The minimum absolute atomic E-state index is 0.0536. The molecule has 134 valence electrons. The fraction of sp³-hybridized carbons (Fsp3) is 0.333. The second-order valence-corrected chi connectivity index (χ2v) is 5.08. The van der Waals surface area contributed by atoms with Crippen molar-refractivity contribution in [3.8, 4) is 11.5 Å². The quantitative estimate of drug-likeness (QED) is 0.393. The van der Waals surface area contributed by atoms with Crippen molar-refractivity contribution in [1.82, 2.24) is 21.6 Å². The summed E-state index contributed by atoms with van der Waals surface area (Å²) in [4.78, 5) is 34.2. The maximum atomic E-state index is 11.8. The molecule has 1 aromatic carbocycles. The molecule has 2 rings (SSSR count). The van der Waals surface area contributed by atoms with Gasteiger partial charge >= 0.3 is 6.03 Å². The second kappa shape index (κ2) is 8.64. The number of hydrazine groups is 1. The average Bonchev–Trinajstić information content (AvgIpc) is 2.61. The summed E-state index contributed by atoms with van der Waals surface area (Å²) in [7, 11) is 3.07. The summed E-state index contributed by atoms with van der Waals surface area (Å²) in [6.45, 7) is 0. The Balaban J connectivity index is 1.82. The number of carbonyl (C=O) groups excluding carboxylic acids is 3. The van der Waals surface area contributed by atoms with E-state index in [0.717, 1.165) is 0 Å². The Morgan fingerprint density at radius 3 is 2.80 bits per heavy atom. The van der Waals surface area contributed by atoms with Crippen molar-refractivity contribution in [2.24, 2.45) is 5.10 Å². The molecule has 0 saturated carbocycles. The first-order valence-corrected chi connectivity index (χ1v) is 7.43. The molecule has 10 heteroatoms. The molecule has 25 heavy (non-hydrogen) atoms. The van der Waals surface area contributed by atoms with Crippen molar-refractivity contribution in [2.45, 2.75) is 18.9 Å². The summed E-state index contributed by atoms with van der Waals surface area (Å²) in [6.07, 6.45) is 1.71. The van der Waals surface area contributed by atoms with E-state index in [1.165, 1.54) is 13.3 Å². The number of methoxy groups -OCH3 is 2. The van der Waals surface area contributed by atoms with Gasteiger partial charge in [-0.25, -0.2) is 15.6 Å². The van der Waals surface area contributed by atoms with Crippen LogP contribution in [0, 0.1) is 0 Å². The normalized spacial score (nSPS) is 17.0. The molecule has 10 nitrogen and oxygen atoms in total. The molecule has 0 spiro atoms. The Hall–Kier alpha value is -3.14. The molecule has 0 aliphatic carbocycles. The van der Waals surface area contributed by atoms with Gasteiger partial charge in [0.25, 0.3) is 0 Å². The highest BCUT2D eigenvalue weighted by atomic mass is 16.5. The second-order valence-electron chi connectivity index (χ2n) is 5.08. The van der Waals surface area contributed by atoms with Gasteiger partial charge < -0.3 is 9.47 Å². The number of hydrogen-bond donors (Lipinski definition) is 4. The molecule has 1 unspecified atom stereocenters. The lowest BCUT2D eigenvalue weighted by molar-refractivity contribution is -0.124. The molecular formula is C15H19N5O5. The van der Waals surface area contributed by atoms with Gasteiger partial charge in [0, 0.05) is 18.1 Å². The van der Waals surface area contributed by atoms with Crippen molar-refractivity contribution in [2.75, 3.05) is 14.2 Å². The molecule has 1 heterocycles. The number of benzene rings is 1. The molecular weight excluding hydrogens is 330 g/mol. The molecule has 1 aromatic rings. The van der Waals surface area contributed by atoms with E-state index in [2.05, 4.69) is 26.7 Å². The third kappa shape index (κ3) is 5.18. The minimum Gasteiger partial charge on any atom is -0.497 e. The number of imide groups is 1. The fourth-order valence-electron chi connectivity index (χ4n) is 2.08. The maximum Gasteiger partial charge on any atom is 0.335 e. The molecule has 1 saturated heterocycles. The van der Waals surface area contributed by atoms with Gasteiger partial charge in [-0.2, -0.15) is 5.10 Å². The first-order valence-electron chi connectivity index (χ1n) is 7.43. The molecule has 1 fully saturated rings. The summed E-state index contributed by atoms with van der Waals surface area (Å²) < 4.78 is 10.3. The molecule has 1 aliphatic rings. The Labute approximate surface area is 143 Å². The lowest BCUT2D eigenvalue weighted by Crippen LogP contribution is -2.62. The standard InChI is InChI=1S/C15H19N5O5/c1-24-10-4-3-9(12(7-10)25-2)8-16-19-13(21)6-5-11-14(22)17-15(23)20-18-11/h3-4,7-8,11,18H,5-6H2,1-2H3,(H,19,21)(H2,17,20,22,23)/b16-8+. The van der Waals surface area contributed by atoms with Crippen molar-refractivity contribution < 1.29 is 23.9 Å². The van der Waals surface area contributed by atoms with Crippen LogP contribution in [-0.4, -0.2) is 44.3 Å².